The highest BCUT2D eigenvalue weighted by Crippen LogP contribution is 2.40. The van der Waals surface area contributed by atoms with Gasteiger partial charge >= 0.3 is 0 Å². The quantitative estimate of drug-likeness (QED) is 0.675. The molecule has 0 N–H and O–H groups in total. The lowest BCUT2D eigenvalue weighted by Gasteiger charge is -2.09. The lowest BCUT2D eigenvalue weighted by Crippen LogP contribution is -1.87. The summed E-state index contributed by atoms with van der Waals surface area (Å²) in [6.07, 6.45) is 0. The molecule has 2 nitrogen and oxygen atoms in total. The van der Waals surface area contributed by atoms with E-state index in [1.165, 1.54) is 7.11 Å². The van der Waals surface area contributed by atoms with Crippen molar-refractivity contribution in [2.45, 2.75) is 12.6 Å². The molecular formula is C9H13O2P. The Kier molecular flexibility index (Phi) is 3.51. The lowest BCUT2D eigenvalue weighted by molar-refractivity contribution is 0.407. The fraction of sp³-hybridized carbons (Fsp3) is 0.333. The van der Waals surface area contributed by atoms with E-state index in [0.29, 0.717) is 0 Å². The second kappa shape index (κ2) is 4.44. The third-order valence-electron chi connectivity index (χ3n) is 1.85. The van der Waals surface area contributed by atoms with Gasteiger partial charge in [0.25, 0.3) is 0 Å². The molecule has 0 aliphatic rings. The topological polar surface area (TPSA) is 26.3 Å². The summed E-state index contributed by atoms with van der Waals surface area (Å²) in [4.78, 5) is 0. The van der Waals surface area contributed by atoms with Crippen LogP contribution in [0, 0.1) is 0 Å². The molecule has 66 valence electrons. The average molecular weight is 184 g/mol. The Morgan fingerprint density at radius 3 is 2.42 bits per heavy atom. The van der Waals surface area contributed by atoms with Crippen molar-refractivity contribution in [3.8, 4) is 0 Å². The van der Waals surface area contributed by atoms with Crippen molar-refractivity contribution < 1.29 is 9.09 Å². The van der Waals surface area contributed by atoms with Crippen LogP contribution in [-0.2, 0) is 9.09 Å². The maximum Gasteiger partial charge on any atom is 0.198 e. The highest BCUT2D eigenvalue weighted by atomic mass is 31.1. The van der Waals surface area contributed by atoms with E-state index in [1.54, 1.807) is 0 Å². The molecule has 0 aliphatic carbocycles. The number of benzene rings is 1. The molecule has 2 unspecified atom stereocenters. The van der Waals surface area contributed by atoms with Crippen LogP contribution in [0.1, 0.15) is 18.1 Å². The first kappa shape index (κ1) is 9.50. The van der Waals surface area contributed by atoms with Crippen LogP contribution in [0.5, 0.6) is 0 Å². The summed E-state index contributed by atoms with van der Waals surface area (Å²) in [7, 11) is -0.422. The molecule has 0 bridgehead atoms. The summed E-state index contributed by atoms with van der Waals surface area (Å²) in [6.45, 7) is 1.92. The third kappa shape index (κ3) is 2.20. The van der Waals surface area contributed by atoms with E-state index in [2.05, 4.69) is 0 Å². The molecule has 2 atom stereocenters. The van der Waals surface area contributed by atoms with Gasteiger partial charge in [0.15, 0.2) is 8.03 Å². The first-order valence-electron chi connectivity index (χ1n) is 3.88. The fourth-order valence-electron chi connectivity index (χ4n) is 1.05. The zero-order valence-corrected chi connectivity index (χ0v) is 8.28. The fourth-order valence-corrected chi connectivity index (χ4v) is 1.87. The van der Waals surface area contributed by atoms with E-state index < -0.39 is 8.03 Å². The molecule has 0 aliphatic heterocycles. The molecule has 1 aromatic carbocycles. The van der Waals surface area contributed by atoms with E-state index in [9.17, 15) is 4.57 Å². The van der Waals surface area contributed by atoms with Crippen LogP contribution in [0.4, 0.5) is 0 Å². The summed E-state index contributed by atoms with van der Waals surface area (Å²) in [5, 5.41) is 0. The molecule has 0 saturated heterocycles. The number of hydrogen-bond acceptors (Lipinski definition) is 2. The Morgan fingerprint density at radius 1 is 1.33 bits per heavy atom. The van der Waals surface area contributed by atoms with Crippen molar-refractivity contribution >= 4 is 8.03 Å². The molecule has 0 aromatic heterocycles. The third-order valence-corrected chi connectivity index (χ3v) is 3.30. The van der Waals surface area contributed by atoms with Crippen LogP contribution >= 0.6 is 8.03 Å². The standard InChI is InChI=1S/C9H13O2P/c1-8(12(10)11-2)9-6-4-3-5-7-9/h3-8,12H,1-2H3. The minimum absolute atomic E-state index is 0.0150. The Hall–Kier alpha value is -0.590. The average Bonchev–Trinajstić information content (AvgIpc) is 2.17. The highest BCUT2D eigenvalue weighted by molar-refractivity contribution is 7.39. The molecule has 1 aromatic rings. The van der Waals surface area contributed by atoms with Crippen LogP contribution in [-0.4, -0.2) is 7.11 Å². The van der Waals surface area contributed by atoms with Gasteiger partial charge in [0, 0.05) is 7.11 Å². The van der Waals surface area contributed by atoms with Crippen molar-refractivity contribution in [3.05, 3.63) is 35.9 Å². The van der Waals surface area contributed by atoms with Crippen LogP contribution in [0.3, 0.4) is 0 Å². The molecule has 12 heavy (non-hydrogen) atoms. The minimum Gasteiger partial charge on any atom is -0.333 e. The summed E-state index contributed by atoms with van der Waals surface area (Å²) < 4.78 is 16.1. The van der Waals surface area contributed by atoms with E-state index in [-0.39, 0.29) is 5.66 Å². The Morgan fingerprint density at radius 2 is 1.92 bits per heavy atom. The Bertz CT molecular complexity index is 258. The van der Waals surface area contributed by atoms with Crippen molar-refractivity contribution in [2.24, 2.45) is 0 Å². The second-order valence-corrected chi connectivity index (χ2v) is 4.57. The molecule has 0 spiro atoms. The highest BCUT2D eigenvalue weighted by Gasteiger charge is 2.11. The van der Waals surface area contributed by atoms with Gasteiger partial charge < -0.3 is 4.52 Å². The molecule has 0 amide bonds. The predicted octanol–water partition coefficient (Wildman–Crippen LogP) is 2.87. The maximum absolute atomic E-state index is 11.3. The van der Waals surface area contributed by atoms with Crippen molar-refractivity contribution in [1.82, 2.24) is 0 Å². The zero-order valence-electron chi connectivity index (χ0n) is 7.28. The van der Waals surface area contributed by atoms with Gasteiger partial charge in [0.2, 0.25) is 0 Å². The van der Waals surface area contributed by atoms with Crippen LogP contribution in [0.25, 0.3) is 0 Å². The molecule has 0 fully saturated rings. The lowest BCUT2D eigenvalue weighted by atomic mass is 10.2. The monoisotopic (exact) mass is 184 g/mol. The van der Waals surface area contributed by atoms with Gasteiger partial charge in [-0.3, -0.25) is 4.57 Å². The summed E-state index contributed by atoms with van der Waals surface area (Å²) in [6, 6.07) is 9.76. The van der Waals surface area contributed by atoms with Gasteiger partial charge in [-0.25, -0.2) is 0 Å². The summed E-state index contributed by atoms with van der Waals surface area (Å²) >= 11 is 0. The molecule has 0 radical (unpaired) electrons. The molecule has 0 saturated carbocycles. The van der Waals surface area contributed by atoms with Gasteiger partial charge in [-0.05, 0) is 12.5 Å². The van der Waals surface area contributed by atoms with E-state index in [0.717, 1.165) is 5.56 Å². The first-order valence-corrected chi connectivity index (χ1v) is 5.28. The normalized spacial score (nSPS) is 15.5. The van der Waals surface area contributed by atoms with Gasteiger partial charge in [-0.15, -0.1) is 0 Å². The van der Waals surface area contributed by atoms with E-state index >= 15 is 0 Å². The minimum atomic E-state index is -1.91. The van der Waals surface area contributed by atoms with E-state index in [1.807, 2.05) is 37.3 Å². The van der Waals surface area contributed by atoms with Gasteiger partial charge in [-0.2, -0.15) is 0 Å². The van der Waals surface area contributed by atoms with Crippen molar-refractivity contribution in [1.29, 1.82) is 0 Å². The number of rotatable bonds is 3. The van der Waals surface area contributed by atoms with Crippen molar-refractivity contribution in [3.63, 3.8) is 0 Å². The van der Waals surface area contributed by atoms with Gasteiger partial charge in [0.1, 0.15) is 0 Å². The molecular weight excluding hydrogens is 171 g/mol. The second-order valence-electron chi connectivity index (χ2n) is 2.66. The Labute approximate surface area is 73.4 Å². The predicted molar refractivity (Wildman–Crippen MR) is 50.9 cm³/mol. The largest absolute Gasteiger partial charge is 0.333 e. The summed E-state index contributed by atoms with van der Waals surface area (Å²) in [5.41, 5.74) is 1.09. The number of hydrogen-bond donors (Lipinski definition) is 0. The van der Waals surface area contributed by atoms with Gasteiger partial charge in [0.05, 0.1) is 5.66 Å². The van der Waals surface area contributed by atoms with Crippen LogP contribution in [0.15, 0.2) is 30.3 Å². The zero-order chi connectivity index (χ0) is 8.97. The van der Waals surface area contributed by atoms with Crippen LogP contribution in [0.2, 0.25) is 0 Å². The smallest absolute Gasteiger partial charge is 0.198 e. The van der Waals surface area contributed by atoms with Gasteiger partial charge in [-0.1, -0.05) is 30.3 Å². The molecule has 3 heteroatoms. The SMILES string of the molecule is CO[PH](=O)C(C)c1ccccc1. The summed E-state index contributed by atoms with van der Waals surface area (Å²) in [5.74, 6) is 0. The molecule has 0 heterocycles. The maximum atomic E-state index is 11.3. The Balaban J connectivity index is 2.78. The van der Waals surface area contributed by atoms with E-state index in [4.69, 9.17) is 4.52 Å². The van der Waals surface area contributed by atoms with Crippen LogP contribution < -0.4 is 0 Å². The first-order chi connectivity index (χ1) is 5.75. The van der Waals surface area contributed by atoms with Crippen molar-refractivity contribution in [2.75, 3.05) is 7.11 Å². The molecule has 1 rings (SSSR count).